The van der Waals surface area contributed by atoms with Crippen molar-refractivity contribution in [2.75, 3.05) is 18.4 Å². The number of hydrogen-bond donors (Lipinski definition) is 5. The molecule has 0 saturated carbocycles. The molecule has 0 saturated heterocycles. The first kappa shape index (κ1) is 18.9. The summed E-state index contributed by atoms with van der Waals surface area (Å²) in [7, 11) is 0. The number of anilines is 1. The third-order valence-electron chi connectivity index (χ3n) is 2.83. The zero-order valence-corrected chi connectivity index (χ0v) is 14.0. The largest absolute Gasteiger partial charge is 0.479 e. The second kappa shape index (κ2) is 8.49. The summed E-state index contributed by atoms with van der Waals surface area (Å²) in [4.78, 5) is 33.8. The molecule has 0 bridgehead atoms. The molecule has 0 fully saturated rings. The lowest BCUT2D eigenvalue weighted by Gasteiger charge is -2.18. The summed E-state index contributed by atoms with van der Waals surface area (Å²) >= 11 is 3.28. The van der Waals surface area contributed by atoms with Gasteiger partial charge in [-0.25, -0.2) is 9.59 Å². The van der Waals surface area contributed by atoms with Gasteiger partial charge in [-0.3, -0.25) is 4.79 Å². The molecule has 5 N–H and O–H groups in total. The third-order valence-corrected chi connectivity index (χ3v) is 3.36. The summed E-state index contributed by atoms with van der Waals surface area (Å²) in [5.74, 6) is -1.90. The van der Waals surface area contributed by atoms with Crippen molar-refractivity contribution in [3.63, 3.8) is 0 Å². The molecule has 0 aliphatic heterocycles. The van der Waals surface area contributed by atoms with Gasteiger partial charge >= 0.3 is 12.0 Å². The Morgan fingerprint density at radius 2 is 1.78 bits per heavy atom. The van der Waals surface area contributed by atoms with E-state index in [1.807, 2.05) is 0 Å². The van der Waals surface area contributed by atoms with Crippen molar-refractivity contribution < 1.29 is 24.6 Å². The predicted octanol–water partition coefficient (Wildman–Crippen LogP) is 0.912. The van der Waals surface area contributed by atoms with Crippen molar-refractivity contribution in [1.29, 1.82) is 0 Å². The lowest BCUT2D eigenvalue weighted by atomic mass is 10.1. The van der Waals surface area contributed by atoms with Gasteiger partial charge in [-0.15, -0.1) is 0 Å². The number of urea groups is 1. The lowest BCUT2D eigenvalue weighted by molar-refractivity contribution is -0.156. The smallest absolute Gasteiger partial charge is 0.337 e. The van der Waals surface area contributed by atoms with Gasteiger partial charge in [-0.1, -0.05) is 15.9 Å². The highest BCUT2D eigenvalue weighted by molar-refractivity contribution is 9.10. The van der Waals surface area contributed by atoms with Crippen molar-refractivity contribution in [2.45, 2.75) is 18.9 Å². The van der Waals surface area contributed by atoms with Gasteiger partial charge in [0.15, 0.2) is 5.60 Å². The van der Waals surface area contributed by atoms with Gasteiger partial charge in [0.05, 0.1) is 6.54 Å². The van der Waals surface area contributed by atoms with Crippen LogP contribution in [0.25, 0.3) is 0 Å². The number of hydrogen-bond acceptors (Lipinski definition) is 4. The molecule has 0 heterocycles. The Labute approximate surface area is 141 Å². The quantitative estimate of drug-likeness (QED) is 0.475. The molecule has 9 heteroatoms. The Morgan fingerprint density at radius 3 is 2.35 bits per heavy atom. The fourth-order valence-electron chi connectivity index (χ4n) is 1.43. The highest BCUT2D eigenvalue weighted by Gasteiger charge is 2.30. The van der Waals surface area contributed by atoms with E-state index in [0.717, 1.165) is 11.4 Å². The minimum absolute atomic E-state index is 0.0382. The summed E-state index contributed by atoms with van der Waals surface area (Å²) in [6.07, 6.45) is -0.0382. The van der Waals surface area contributed by atoms with Gasteiger partial charge < -0.3 is 26.2 Å². The normalized spacial score (nSPS) is 12.8. The van der Waals surface area contributed by atoms with E-state index in [0.29, 0.717) is 5.69 Å². The monoisotopic (exact) mass is 387 g/mol. The van der Waals surface area contributed by atoms with Crippen LogP contribution in [0.3, 0.4) is 0 Å². The topological polar surface area (TPSA) is 128 Å². The zero-order chi connectivity index (χ0) is 17.5. The van der Waals surface area contributed by atoms with Crippen LogP contribution in [0.15, 0.2) is 28.7 Å². The van der Waals surface area contributed by atoms with Crippen molar-refractivity contribution in [2.24, 2.45) is 0 Å². The molecule has 126 valence electrons. The Morgan fingerprint density at radius 1 is 1.17 bits per heavy atom. The standard InChI is InChI=1S/C14H18BrN3O5/c1-14(23,12(20)21)8-17-11(19)6-7-16-13(22)18-10-4-2-9(15)3-5-10/h2-5,23H,6-8H2,1H3,(H,17,19)(H,20,21)(H2,16,18,22). The van der Waals surface area contributed by atoms with Crippen molar-refractivity contribution in [1.82, 2.24) is 10.6 Å². The molecule has 0 spiro atoms. The molecule has 23 heavy (non-hydrogen) atoms. The highest BCUT2D eigenvalue weighted by Crippen LogP contribution is 2.13. The van der Waals surface area contributed by atoms with E-state index in [4.69, 9.17) is 5.11 Å². The number of carboxylic acid groups (broad SMARTS) is 1. The lowest BCUT2D eigenvalue weighted by Crippen LogP contribution is -2.47. The molecule has 0 aliphatic rings. The number of carboxylic acids is 1. The van der Waals surface area contributed by atoms with Gasteiger partial charge in [0, 0.05) is 23.1 Å². The molecule has 1 unspecified atom stereocenters. The Hall–Kier alpha value is -2.13. The molecule has 0 radical (unpaired) electrons. The van der Waals surface area contributed by atoms with Crippen LogP contribution >= 0.6 is 15.9 Å². The third kappa shape index (κ3) is 7.11. The molecule has 1 aromatic carbocycles. The number of halogens is 1. The second-order valence-electron chi connectivity index (χ2n) is 4.99. The number of aliphatic hydroxyl groups is 1. The van der Waals surface area contributed by atoms with E-state index in [-0.39, 0.29) is 13.0 Å². The molecule has 3 amide bonds. The number of nitrogens with one attached hydrogen (secondary N) is 3. The van der Waals surface area contributed by atoms with Crippen LogP contribution in [-0.2, 0) is 9.59 Å². The summed E-state index contributed by atoms with van der Waals surface area (Å²) in [5.41, 5.74) is -1.42. The average molecular weight is 388 g/mol. The van der Waals surface area contributed by atoms with Crippen molar-refractivity contribution in [3.8, 4) is 0 Å². The van der Waals surface area contributed by atoms with Crippen LogP contribution < -0.4 is 16.0 Å². The summed E-state index contributed by atoms with van der Waals surface area (Å²) < 4.78 is 0.886. The number of benzene rings is 1. The second-order valence-corrected chi connectivity index (χ2v) is 5.91. The van der Waals surface area contributed by atoms with Crippen LogP contribution in [-0.4, -0.2) is 46.8 Å². The van der Waals surface area contributed by atoms with E-state index in [9.17, 15) is 19.5 Å². The molecular formula is C14H18BrN3O5. The molecular weight excluding hydrogens is 370 g/mol. The van der Waals surface area contributed by atoms with Gasteiger partial charge in [-0.2, -0.15) is 0 Å². The van der Waals surface area contributed by atoms with E-state index in [1.54, 1.807) is 24.3 Å². The van der Waals surface area contributed by atoms with Gasteiger partial charge in [0.1, 0.15) is 0 Å². The Bertz CT molecular complexity index is 574. The first-order valence-corrected chi connectivity index (χ1v) is 7.53. The first-order valence-electron chi connectivity index (χ1n) is 6.73. The van der Waals surface area contributed by atoms with Crippen LogP contribution in [0.1, 0.15) is 13.3 Å². The van der Waals surface area contributed by atoms with Crippen molar-refractivity contribution in [3.05, 3.63) is 28.7 Å². The highest BCUT2D eigenvalue weighted by atomic mass is 79.9. The maximum absolute atomic E-state index is 11.6. The van der Waals surface area contributed by atoms with E-state index in [1.165, 1.54) is 0 Å². The fraction of sp³-hybridized carbons (Fsp3) is 0.357. The molecule has 0 aliphatic carbocycles. The van der Waals surface area contributed by atoms with E-state index >= 15 is 0 Å². The maximum atomic E-state index is 11.6. The minimum atomic E-state index is -2.03. The number of amides is 3. The van der Waals surface area contributed by atoms with Crippen LogP contribution in [0.4, 0.5) is 10.5 Å². The minimum Gasteiger partial charge on any atom is -0.479 e. The molecule has 1 rings (SSSR count). The molecule has 8 nitrogen and oxygen atoms in total. The zero-order valence-electron chi connectivity index (χ0n) is 12.4. The average Bonchev–Trinajstić information content (AvgIpc) is 2.47. The van der Waals surface area contributed by atoms with Crippen LogP contribution in [0.2, 0.25) is 0 Å². The molecule has 1 atom stereocenters. The fourth-order valence-corrected chi connectivity index (χ4v) is 1.70. The number of carbonyl (C=O) groups is 3. The maximum Gasteiger partial charge on any atom is 0.337 e. The summed E-state index contributed by atoms with van der Waals surface area (Å²) in [6, 6.07) is 6.52. The van der Waals surface area contributed by atoms with E-state index < -0.39 is 30.1 Å². The summed E-state index contributed by atoms with van der Waals surface area (Å²) in [5, 5.41) is 25.5. The Balaban J connectivity index is 2.25. The summed E-state index contributed by atoms with van der Waals surface area (Å²) in [6.45, 7) is 0.745. The SMILES string of the molecule is CC(O)(CNC(=O)CCNC(=O)Nc1ccc(Br)cc1)C(=O)O. The van der Waals surface area contributed by atoms with E-state index in [2.05, 4.69) is 31.9 Å². The van der Waals surface area contributed by atoms with Gasteiger partial charge in [0.2, 0.25) is 5.91 Å². The number of rotatable bonds is 7. The predicted molar refractivity (Wildman–Crippen MR) is 87.0 cm³/mol. The van der Waals surface area contributed by atoms with Crippen molar-refractivity contribution >= 4 is 39.5 Å². The molecule has 1 aromatic rings. The van der Waals surface area contributed by atoms with Crippen LogP contribution in [0, 0.1) is 0 Å². The van der Waals surface area contributed by atoms with Gasteiger partial charge in [0.25, 0.3) is 0 Å². The number of carbonyl (C=O) groups excluding carboxylic acids is 2. The molecule has 0 aromatic heterocycles. The van der Waals surface area contributed by atoms with Crippen LogP contribution in [0.5, 0.6) is 0 Å². The number of aliphatic carboxylic acids is 1. The first-order chi connectivity index (χ1) is 10.7. The van der Waals surface area contributed by atoms with Gasteiger partial charge in [-0.05, 0) is 31.2 Å². The Kier molecular flexibility index (Phi) is 6.98.